The van der Waals surface area contributed by atoms with Crippen molar-refractivity contribution in [2.75, 3.05) is 0 Å². The van der Waals surface area contributed by atoms with Gasteiger partial charge in [0.15, 0.2) is 0 Å². The van der Waals surface area contributed by atoms with Crippen LogP contribution in [0, 0.1) is 0 Å². The van der Waals surface area contributed by atoms with Crippen molar-refractivity contribution in [3.05, 3.63) is 53.3 Å². The number of hydrogen-bond acceptors (Lipinski definition) is 4. The largest absolute Gasteiger partial charge is 0.364 e. The average molecular weight is 259 g/mol. The molecule has 0 unspecified atom stereocenters. The molecule has 1 aromatic heterocycles. The first-order chi connectivity index (χ1) is 9.10. The van der Waals surface area contributed by atoms with E-state index in [0.717, 1.165) is 5.56 Å². The Hall–Kier alpha value is -2.67. The molecule has 0 saturated heterocycles. The lowest BCUT2D eigenvalue weighted by Gasteiger charge is -2.04. The van der Waals surface area contributed by atoms with Gasteiger partial charge in [0.25, 0.3) is 11.8 Å². The van der Waals surface area contributed by atoms with Crippen LogP contribution in [0.4, 0.5) is 0 Å². The van der Waals surface area contributed by atoms with Crippen molar-refractivity contribution in [1.29, 1.82) is 0 Å². The van der Waals surface area contributed by atoms with E-state index in [-0.39, 0.29) is 11.6 Å². The van der Waals surface area contributed by atoms with Gasteiger partial charge in [-0.2, -0.15) is 5.10 Å². The van der Waals surface area contributed by atoms with Crippen molar-refractivity contribution in [3.8, 4) is 0 Å². The molecule has 0 atom stereocenters. The van der Waals surface area contributed by atoms with Gasteiger partial charge >= 0.3 is 0 Å². The van der Waals surface area contributed by atoms with Crippen LogP contribution in [-0.4, -0.2) is 21.6 Å². The molecule has 0 bridgehead atoms. The maximum absolute atomic E-state index is 11.4. The molecule has 7 heteroatoms. The van der Waals surface area contributed by atoms with Gasteiger partial charge in [0, 0.05) is 11.8 Å². The van der Waals surface area contributed by atoms with Gasteiger partial charge in [-0.3, -0.25) is 19.7 Å². The number of rotatable bonds is 4. The molecule has 0 aliphatic carbocycles. The van der Waals surface area contributed by atoms with Crippen molar-refractivity contribution in [2.45, 2.75) is 6.54 Å². The molecule has 0 fully saturated rings. The molecule has 0 saturated carbocycles. The summed E-state index contributed by atoms with van der Waals surface area (Å²) in [5.74, 6) is 4.14. The van der Waals surface area contributed by atoms with Crippen LogP contribution in [0.5, 0.6) is 0 Å². The number of amides is 2. The highest BCUT2D eigenvalue weighted by Gasteiger charge is 2.07. The van der Waals surface area contributed by atoms with E-state index in [9.17, 15) is 9.59 Å². The Morgan fingerprint density at radius 1 is 1.32 bits per heavy atom. The van der Waals surface area contributed by atoms with Gasteiger partial charge in [-0.1, -0.05) is 12.1 Å². The zero-order chi connectivity index (χ0) is 13.8. The summed E-state index contributed by atoms with van der Waals surface area (Å²) < 4.78 is 1.57. The number of carbonyl (C=O) groups is 2. The summed E-state index contributed by atoms with van der Waals surface area (Å²) in [4.78, 5) is 22.3. The minimum Gasteiger partial charge on any atom is -0.364 e. The van der Waals surface area contributed by atoms with Gasteiger partial charge in [0.2, 0.25) is 0 Å². The van der Waals surface area contributed by atoms with E-state index in [1.54, 1.807) is 35.1 Å². The van der Waals surface area contributed by atoms with Gasteiger partial charge in [-0.25, -0.2) is 5.84 Å². The van der Waals surface area contributed by atoms with E-state index < -0.39 is 5.91 Å². The predicted octanol–water partition coefficient (Wildman–Crippen LogP) is -0.366. The highest BCUT2D eigenvalue weighted by atomic mass is 16.2. The maximum Gasteiger partial charge on any atom is 0.269 e. The number of nitrogens with two attached hydrogens (primary N) is 2. The van der Waals surface area contributed by atoms with Crippen molar-refractivity contribution >= 4 is 11.8 Å². The third-order valence-electron chi connectivity index (χ3n) is 2.56. The molecule has 0 aliphatic heterocycles. The molecule has 19 heavy (non-hydrogen) atoms. The number of aromatic nitrogens is 2. The fourth-order valence-electron chi connectivity index (χ4n) is 1.66. The second kappa shape index (κ2) is 5.32. The molecule has 2 amide bonds. The van der Waals surface area contributed by atoms with Gasteiger partial charge in [-0.05, 0) is 23.8 Å². The molecule has 1 aromatic carbocycles. The number of primary amides is 1. The van der Waals surface area contributed by atoms with Crippen molar-refractivity contribution in [3.63, 3.8) is 0 Å². The number of nitrogens with zero attached hydrogens (tertiary/aromatic N) is 2. The predicted molar refractivity (Wildman–Crippen MR) is 67.9 cm³/mol. The van der Waals surface area contributed by atoms with Crippen LogP contribution < -0.4 is 17.0 Å². The smallest absolute Gasteiger partial charge is 0.269 e. The standard InChI is InChI=1S/C12H13N5O2/c13-11(18)10-4-5-17(16-10)7-8-2-1-3-9(6-8)12(19)15-14/h1-6H,7,14H2,(H2,13,18)(H,15,19). The number of nitrogen functional groups attached to an aromatic ring is 1. The lowest BCUT2D eigenvalue weighted by molar-refractivity contribution is 0.0952. The number of nitrogens with one attached hydrogen (secondary N) is 1. The Bertz CT molecular complexity index is 620. The molecular formula is C12H13N5O2. The van der Waals surface area contributed by atoms with E-state index >= 15 is 0 Å². The normalized spacial score (nSPS) is 10.2. The lowest BCUT2D eigenvalue weighted by atomic mass is 10.1. The fourth-order valence-corrected chi connectivity index (χ4v) is 1.66. The monoisotopic (exact) mass is 259 g/mol. The maximum atomic E-state index is 11.4. The lowest BCUT2D eigenvalue weighted by Crippen LogP contribution is -2.30. The summed E-state index contributed by atoms with van der Waals surface area (Å²) in [5, 5.41) is 4.02. The Balaban J connectivity index is 2.18. The van der Waals surface area contributed by atoms with E-state index in [1.165, 1.54) is 0 Å². The van der Waals surface area contributed by atoms with Crippen LogP contribution >= 0.6 is 0 Å². The summed E-state index contributed by atoms with van der Waals surface area (Å²) in [6.45, 7) is 0.430. The summed E-state index contributed by atoms with van der Waals surface area (Å²) in [6.07, 6.45) is 1.65. The number of carbonyl (C=O) groups excluding carboxylic acids is 2. The van der Waals surface area contributed by atoms with Crippen molar-refractivity contribution in [2.24, 2.45) is 11.6 Å². The summed E-state index contributed by atoms with van der Waals surface area (Å²) in [5.41, 5.74) is 8.72. The molecule has 1 heterocycles. The topological polar surface area (TPSA) is 116 Å². The molecule has 0 aliphatic rings. The zero-order valence-corrected chi connectivity index (χ0v) is 10.0. The number of benzene rings is 1. The molecule has 2 rings (SSSR count). The third kappa shape index (κ3) is 2.96. The number of hydrogen-bond donors (Lipinski definition) is 3. The van der Waals surface area contributed by atoms with Crippen molar-refractivity contribution in [1.82, 2.24) is 15.2 Å². The Morgan fingerprint density at radius 3 is 2.74 bits per heavy atom. The first-order valence-electron chi connectivity index (χ1n) is 5.53. The third-order valence-corrected chi connectivity index (χ3v) is 2.56. The van der Waals surface area contributed by atoms with E-state index in [2.05, 4.69) is 10.5 Å². The quantitative estimate of drug-likeness (QED) is 0.394. The molecule has 7 nitrogen and oxygen atoms in total. The molecule has 98 valence electrons. The minimum absolute atomic E-state index is 0.204. The first-order valence-corrected chi connectivity index (χ1v) is 5.53. The van der Waals surface area contributed by atoms with Gasteiger partial charge < -0.3 is 5.73 Å². The molecule has 5 N–H and O–H groups in total. The van der Waals surface area contributed by atoms with Gasteiger partial charge in [0.1, 0.15) is 5.69 Å². The highest BCUT2D eigenvalue weighted by molar-refractivity contribution is 5.93. The Kier molecular flexibility index (Phi) is 3.58. The van der Waals surface area contributed by atoms with Crippen LogP contribution in [0.25, 0.3) is 0 Å². The number of hydrazine groups is 1. The van der Waals surface area contributed by atoms with Crippen LogP contribution in [0.3, 0.4) is 0 Å². The van der Waals surface area contributed by atoms with Crippen LogP contribution in [0.1, 0.15) is 26.4 Å². The average Bonchev–Trinajstić information content (AvgIpc) is 2.87. The van der Waals surface area contributed by atoms with Gasteiger partial charge in [-0.15, -0.1) is 0 Å². The second-order valence-electron chi connectivity index (χ2n) is 3.94. The molecule has 0 radical (unpaired) electrons. The Labute approximate surface area is 109 Å². The van der Waals surface area contributed by atoms with E-state index in [1.807, 2.05) is 6.07 Å². The van der Waals surface area contributed by atoms with E-state index in [0.29, 0.717) is 12.1 Å². The van der Waals surface area contributed by atoms with Crippen LogP contribution in [-0.2, 0) is 6.54 Å². The van der Waals surface area contributed by atoms with Crippen LogP contribution in [0.2, 0.25) is 0 Å². The van der Waals surface area contributed by atoms with Crippen molar-refractivity contribution < 1.29 is 9.59 Å². The van der Waals surface area contributed by atoms with E-state index in [4.69, 9.17) is 11.6 Å². The summed E-state index contributed by atoms with van der Waals surface area (Å²) in [6, 6.07) is 8.49. The Morgan fingerprint density at radius 2 is 2.11 bits per heavy atom. The summed E-state index contributed by atoms with van der Waals surface area (Å²) in [7, 11) is 0. The van der Waals surface area contributed by atoms with Crippen LogP contribution in [0.15, 0.2) is 36.5 Å². The first kappa shape index (κ1) is 12.8. The molecule has 0 spiro atoms. The fraction of sp³-hybridized carbons (Fsp3) is 0.0833. The molecule has 2 aromatic rings. The molecular weight excluding hydrogens is 246 g/mol. The zero-order valence-electron chi connectivity index (χ0n) is 10.0. The SMILES string of the molecule is NNC(=O)c1cccc(Cn2ccc(C(N)=O)n2)c1. The summed E-state index contributed by atoms with van der Waals surface area (Å²) >= 11 is 0. The van der Waals surface area contributed by atoms with Gasteiger partial charge in [0.05, 0.1) is 6.54 Å². The second-order valence-corrected chi connectivity index (χ2v) is 3.94. The highest BCUT2D eigenvalue weighted by Crippen LogP contribution is 2.07. The minimum atomic E-state index is -0.574.